The highest BCUT2D eigenvalue weighted by Crippen LogP contribution is 2.29. The second-order valence-electron chi connectivity index (χ2n) is 5.84. The molecule has 2 aromatic rings. The minimum Gasteiger partial charge on any atom is -0.493 e. The third kappa shape index (κ3) is 4.06. The van der Waals surface area contributed by atoms with Crippen molar-refractivity contribution in [1.82, 2.24) is 9.88 Å². The summed E-state index contributed by atoms with van der Waals surface area (Å²) in [5, 5.41) is 1.95. The van der Waals surface area contributed by atoms with Crippen molar-refractivity contribution in [1.29, 1.82) is 0 Å². The number of amides is 1. The maximum atomic E-state index is 12.7. The molecule has 0 unspecified atom stereocenters. The van der Waals surface area contributed by atoms with Gasteiger partial charge in [0.2, 0.25) is 0 Å². The first kappa shape index (κ1) is 16.8. The molecule has 1 saturated heterocycles. The van der Waals surface area contributed by atoms with Crippen LogP contribution in [-0.4, -0.2) is 36.0 Å². The fraction of sp³-hybridized carbons (Fsp3) is 0.444. The summed E-state index contributed by atoms with van der Waals surface area (Å²) in [5.74, 6) is 1.27. The monoisotopic (exact) mass is 346 g/mol. The summed E-state index contributed by atoms with van der Waals surface area (Å²) in [6, 6.07) is 5.38. The standard InChI is InChI=1S/C18H22N2O3S/c1-22-17-10-14(18(21)20-8-4-2-3-5-9-20)6-7-16(17)23-11-15-12-24-13-19-15/h6-7,10,12-13H,2-5,8-9,11H2,1H3. The van der Waals surface area contributed by atoms with Crippen LogP contribution in [0.1, 0.15) is 41.7 Å². The van der Waals surface area contributed by atoms with Crippen LogP contribution in [0.25, 0.3) is 0 Å². The van der Waals surface area contributed by atoms with Gasteiger partial charge in [-0.2, -0.15) is 0 Å². The molecule has 1 fully saturated rings. The van der Waals surface area contributed by atoms with Gasteiger partial charge in [0.05, 0.1) is 18.3 Å². The Labute approximate surface area is 146 Å². The van der Waals surface area contributed by atoms with Crippen molar-refractivity contribution in [2.24, 2.45) is 0 Å². The van der Waals surface area contributed by atoms with Crippen molar-refractivity contribution in [3.8, 4) is 11.5 Å². The van der Waals surface area contributed by atoms with E-state index in [1.807, 2.05) is 16.3 Å². The van der Waals surface area contributed by atoms with E-state index in [1.165, 1.54) is 24.2 Å². The molecule has 1 aromatic carbocycles. The number of rotatable bonds is 5. The summed E-state index contributed by atoms with van der Waals surface area (Å²) in [4.78, 5) is 18.8. The Bertz CT molecular complexity index is 665. The molecule has 0 aliphatic carbocycles. The molecule has 5 nitrogen and oxygen atoms in total. The molecule has 0 bridgehead atoms. The first-order valence-electron chi connectivity index (χ1n) is 8.25. The molecule has 1 aromatic heterocycles. The van der Waals surface area contributed by atoms with Crippen LogP contribution in [0, 0.1) is 0 Å². The molecule has 0 N–H and O–H groups in total. The third-order valence-electron chi connectivity index (χ3n) is 4.16. The van der Waals surface area contributed by atoms with Gasteiger partial charge in [0.15, 0.2) is 11.5 Å². The van der Waals surface area contributed by atoms with Crippen LogP contribution in [0.15, 0.2) is 29.1 Å². The Hall–Kier alpha value is -2.08. The van der Waals surface area contributed by atoms with Gasteiger partial charge in [-0.05, 0) is 31.0 Å². The summed E-state index contributed by atoms with van der Waals surface area (Å²) in [6.07, 6.45) is 4.57. The molecule has 6 heteroatoms. The molecule has 24 heavy (non-hydrogen) atoms. The van der Waals surface area contributed by atoms with Crippen LogP contribution in [0.5, 0.6) is 11.5 Å². The number of benzene rings is 1. The largest absolute Gasteiger partial charge is 0.493 e. The molecule has 0 saturated carbocycles. The van der Waals surface area contributed by atoms with E-state index in [2.05, 4.69) is 4.98 Å². The van der Waals surface area contributed by atoms with E-state index < -0.39 is 0 Å². The summed E-state index contributed by atoms with van der Waals surface area (Å²) >= 11 is 1.54. The maximum absolute atomic E-state index is 12.7. The zero-order valence-electron chi connectivity index (χ0n) is 13.9. The first-order valence-corrected chi connectivity index (χ1v) is 9.19. The first-order chi connectivity index (χ1) is 11.8. The Morgan fingerprint density at radius 2 is 2.00 bits per heavy atom. The van der Waals surface area contributed by atoms with E-state index in [0.717, 1.165) is 31.6 Å². The molecule has 2 heterocycles. The number of methoxy groups -OCH3 is 1. The second-order valence-corrected chi connectivity index (χ2v) is 6.56. The summed E-state index contributed by atoms with van der Waals surface area (Å²) < 4.78 is 11.2. The molecule has 1 aliphatic rings. The lowest BCUT2D eigenvalue weighted by molar-refractivity contribution is 0.0761. The Balaban J connectivity index is 1.71. The van der Waals surface area contributed by atoms with Crippen LogP contribution < -0.4 is 9.47 Å². The van der Waals surface area contributed by atoms with E-state index in [-0.39, 0.29) is 5.91 Å². The number of carbonyl (C=O) groups excluding carboxylic acids is 1. The predicted octanol–water partition coefficient (Wildman–Crippen LogP) is 3.75. The molecule has 128 valence electrons. The average molecular weight is 346 g/mol. The number of carbonyl (C=O) groups is 1. The molecular weight excluding hydrogens is 324 g/mol. The van der Waals surface area contributed by atoms with Crippen LogP contribution in [0.4, 0.5) is 0 Å². The quantitative estimate of drug-likeness (QED) is 0.827. The normalized spacial score (nSPS) is 15.0. The fourth-order valence-electron chi connectivity index (χ4n) is 2.84. The summed E-state index contributed by atoms with van der Waals surface area (Å²) in [5.41, 5.74) is 3.31. The lowest BCUT2D eigenvalue weighted by atomic mass is 10.1. The number of nitrogens with zero attached hydrogens (tertiary/aromatic N) is 2. The van der Waals surface area contributed by atoms with Gasteiger partial charge in [-0.3, -0.25) is 4.79 Å². The maximum Gasteiger partial charge on any atom is 0.253 e. The molecule has 3 rings (SSSR count). The number of likely N-dealkylation sites (tertiary alicyclic amines) is 1. The fourth-order valence-corrected chi connectivity index (χ4v) is 3.38. The van der Waals surface area contributed by atoms with Gasteiger partial charge in [0.25, 0.3) is 5.91 Å². The Morgan fingerprint density at radius 1 is 1.21 bits per heavy atom. The third-order valence-corrected chi connectivity index (χ3v) is 4.80. The lowest BCUT2D eigenvalue weighted by Crippen LogP contribution is -2.31. The van der Waals surface area contributed by atoms with Crippen molar-refractivity contribution in [3.63, 3.8) is 0 Å². The predicted molar refractivity (Wildman–Crippen MR) is 93.8 cm³/mol. The summed E-state index contributed by atoms with van der Waals surface area (Å²) in [7, 11) is 1.59. The number of ether oxygens (including phenoxy) is 2. The molecule has 1 amide bonds. The number of thiazole rings is 1. The Kier molecular flexibility index (Phi) is 5.69. The van der Waals surface area contributed by atoms with Gasteiger partial charge in [-0.1, -0.05) is 12.8 Å². The zero-order valence-corrected chi connectivity index (χ0v) is 14.7. The smallest absolute Gasteiger partial charge is 0.253 e. The highest BCUT2D eigenvalue weighted by molar-refractivity contribution is 7.07. The SMILES string of the molecule is COc1cc(C(=O)N2CCCCCC2)ccc1OCc1cscn1. The summed E-state index contributed by atoms with van der Waals surface area (Å²) in [6.45, 7) is 2.06. The van der Waals surface area contributed by atoms with Crippen molar-refractivity contribution in [2.75, 3.05) is 20.2 Å². The topological polar surface area (TPSA) is 51.7 Å². The van der Waals surface area contributed by atoms with Crippen LogP contribution in [-0.2, 0) is 6.61 Å². The van der Waals surface area contributed by atoms with E-state index in [1.54, 1.807) is 24.8 Å². The van der Waals surface area contributed by atoms with E-state index in [9.17, 15) is 4.79 Å². The van der Waals surface area contributed by atoms with Gasteiger partial charge in [-0.25, -0.2) is 4.98 Å². The number of hydrogen-bond acceptors (Lipinski definition) is 5. The van der Waals surface area contributed by atoms with Crippen molar-refractivity contribution < 1.29 is 14.3 Å². The second kappa shape index (κ2) is 8.15. The van der Waals surface area contributed by atoms with Crippen molar-refractivity contribution >= 4 is 17.2 Å². The van der Waals surface area contributed by atoms with E-state index in [0.29, 0.717) is 23.7 Å². The Morgan fingerprint density at radius 3 is 2.67 bits per heavy atom. The minimum absolute atomic E-state index is 0.0706. The van der Waals surface area contributed by atoms with Crippen molar-refractivity contribution in [3.05, 3.63) is 40.3 Å². The van der Waals surface area contributed by atoms with Crippen LogP contribution in [0.2, 0.25) is 0 Å². The zero-order chi connectivity index (χ0) is 16.8. The molecular formula is C18H22N2O3S. The van der Waals surface area contributed by atoms with Gasteiger partial charge in [0.1, 0.15) is 6.61 Å². The van der Waals surface area contributed by atoms with Crippen LogP contribution >= 0.6 is 11.3 Å². The lowest BCUT2D eigenvalue weighted by Gasteiger charge is -2.21. The van der Waals surface area contributed by atoms with Gasteiger partial charge in [-0.15, -0.1) is 11.3 Å². The average Bonchev–Trinajstić information content (AvgIpc) is 2.99. The molecule has 0 radical (unpaired) electrons. The minimum atomic E-state index is 0.0706. The molecule has 0 atom stereocenters. The van der Waals surface area contributed by atoms with Crippen LogP contribution in [0.3, 0.4) is 0 Å². The number of aromatic nitrogens is 1. The number of hydrogen-bond donors (Lipinski definition) is 0. The highest BCUT2D eigenvalue weighted by Gasteiger charge is 2.19. The van der Waals surface area contributed by atoms with Gasteiger partial charge in [0, 0.05) is 24.0 Å². The molecule has 1 aliphatic heterocycles. The van der Waals surface area contributed by atoms with E-state index in [4.69, 9.17) is 9.47 Å². The molecule has 0 spiro atoms. The highest BCUT2D eigenvalue weighted by atomic mass is 32.1. The van der Waals surface area contributed by atoms with Gasteiger partial charge < -0.3 is 14.4 Å². The van der Waals surface area contributed by atoms with Crippen molar-refractivity contribution in [2.45, 2.75) is 32.3 Å². The van der Waals surface area contributed by atoms with Gasteiger partial charge >= 0.3 is 0 Å². The van der Waals surface area contributed by atoms with E-state index >= 15 is 0 Å².